The molecule has 0 saturated carbocycles. The van der Waals surface area contributed by atoms with Gasteiger partial charge in [-0.15, -0.1) is 0 Å². The minimum atomic E-state index is -4.08. The van der Waals surface area contributed by atoms with Crippen LogP contribution in [0, 0.1) is 10.1 Å². The second kappa shape index (κ2) is 8.08. The number of amides is 1. The van der Waals surface area contributed by atoms with Crippen molar-refractivity contribution >= 4 is 27.1 Å². The summed E-state index contributed by atoms with van der Waals surface area (Å²) in [6, 6.07) is 9.09. The number of benzene rings is 2. The van der Waals surface area contributed by atoms with Gasteiger partial charge in [-0.1, -0.05) is 0 Å². The van der Waals surface area contributed by atoms with Crippen LogP contribution in [-0.4, -0.2) is 31.1 Å². The van der Waals surface area contributed by atoms with E-state index in [1.165, 1.54) is 31.2 Å². The maximum atomic E-state index is 12.5. The predicted octanol–water partition coefficient (Wildman–Crippen LogP) is 3.00. The topological polar surface area (TPSA) is 116 Å². The molecular formula is C16H14F2N2O6S. The van der Waals surface area contributed by atoms with E-state index in [0.29, 0.717) is 0 Å². The van der Waals surface area contributed by atoms with Crippen LogP contribution in [0.3, 0.4) is 0 Å². The van der Waals surface area contributed by atoms with Gasteiger partial charge in [-0.05, 0) is 43.3 Å². The number of sulfone groups is 1. The Balaban J connectivity index is 2.12. The van der Waals surface area contributed by atoms with Crippen LogP contribution in [0.1, 0.15) is 6.92 Å². The molecule has 0 radical (unpaired) electrons. The molecular weight excluding hydrogens is 386 g/mol. The SMILES string of the molecule is C[C@@H](C(=O)Nc1ccc(OC(F)F)cc1)S(=O)(=O)c1ccc([N+](=O)[O-])cc1. The fraction of sp³-hybridized carbons (Fsp3) is 0.188. The summed E-state index contributed by atoms with van der Waals surface area (Å²) in [4.78, 5) is 21.9. The zero-order valence-corrected chi connectivity index (χ0v) is 14.7. The summed E-state index contributed by atoms with van der Waals surface area (Å²) in [5.41, 5.74) is -0.0930. The Hall–Kier alpha value is -3.08. The molecule has 0 aromatic heterocycles. The first-order valence-electron chi connectivity index (χ1n) is 7.45. The largest absolute Gasteiger partial charge is 0.435 e. The van der Waals surface area contributed by atoms with E-state index in [1.807, 2.05) is 0 Å². The van der Waals surface area contributed by atoms with Crippen LogP contribution in [0.25, 0.3) is 0 Å². The molecule has 1 atom stereocenters. The van der Waals surface area contributed by atoms with E-state index in [2.05, 4.69) is 10.1 Å². The molecule has 0 spiro atoms. The Morgan fingerprint density at radius 3 is 2.15 bits per heavy atom. The van der Waals surface area contributed by atoms with Gasteiger partial charge in [0.2, 0.25) is 5.91 Å². The Labute approximate surface area is 152 Å². The van der Waals surface area contributed by atoms with Crippen molar-refractivity contribution in [3.05, 3.63) is 58.6 Å². The van der Waals surface area contributed by atoms with Crippen LogP contribution >= 0.6 is 0 Å². The Morgan fingerprint density at radius 1 is 1.11 bits per heavy atom. The van der Waals surface area contributed by atoms with Crippen molar-refractivity contribution < 1.29 is 31.7 Å². The molecule has 2 rings (SSSR count). The number of alkyl halides is 2. The highest BCUT2D eigenvalue weighted by Gasteiger charge is 2.30. The summed E-state index contributed by atoms with van der Waals surface area (Å²) in [6.45, 7) is -1.82. The molecule has 2 aromatic rings. The first-order valence-corrected chi connectivity index (χ1v) is 9.00. The highest BCUT2D eigenvalue weighted by Crippen LogP contribution is 2.22. The average Bonchev–Trinajstić information content (AvgIpc) is 2.62. The lowest BCUT2D eigenvalue weighted by Crippen LogP contribution is -2.32. The van der Waals surface area contributed by atoms with Crippen LogP contribution in [0.15, 0.2) is 53.4 Å². The molecule has 8 nitrogen and oxygen atoms in total. The minimum Gasteiger partial charge on any atom is -0.435 e. The summed E-state index contributed by atoms with van der Waals surface area (Å²) >= 11 is 0. The van der Waals surface area contributed by atoms with E-state index in [9.17, 15) is 32.1 Å². The number of anilines is 1. The van der Waals surface area contributed by atoms with Gasteiger partial charge in [0.25, 0.3) is 5.69 Å². The van der Waals surface area contributed by atoms with Gasteiger partial charge in [0.15, 0.2) is 9.84 Å². The molecule has 0 heterocycles. The number of nitrogens with one attached hydrogen (secondary N) is 1. The lowest BCUT2D eigenvalue weighted by atomic mass is 10.3. The molecule has 2 aromatic carbocycles. The fourth-order valence-electron chi connectivity index (χ4n) is 2.07. The Bertz CT molecular complexity index is 930. The van der Waals surface area contributed by atoms with Gasteiger partial charge in [-0.3, -0.25) is 14.9 Å². The summed E-state index contributed by atoms with van der Waals surface area (Å²) in [7, 11) is -4.08. The zero-order valence-electron chi connectivity index (χ0n) is 13.8. The maximum Gasteiger partial charge on any atom is 0.387 e. The third-order valence-corrected chi connectivity index (χ3v) is 5.63. The van der Waals surface area contributed by atoms with Gasteiger partial charge in [-0.25, -0.2) is 8.42 Å². The fourth-order valence-corrected chi connectivity index (χ4v) is 3.33. The number of nitro benzene ring substituents is 1. The minimum absolute atomic E-state index is 0.116. The molecule has 0 bridgehead atoms. The van der Waals surface area contributed by atoms with E-state index in [0.717, 1.165) is 24.3 Å². The predicted molar refractivity (Wildman–Crippen MR) is 91.4 cm³/mol. The smallest absolute Gasteiger partial charge is 0.387 e. The molecule has 11 heteroatoms. The number of carbonyl (C=O) groups is 1. The number of hydrogen-bond acceptors (Lipinski definition) is 6. The van der Waals surface area contributed by atoms with Crippen molar-refractivity contribution in [1.82, 2.24) is 0 Å². The van der Waals surface area contributed by atoms with Gasteiger partial charge in [0.05, 0.1) is 9.82 Å². The third-order valence-electron chi connectivity index (χ3n) is 3.56. The van der Waals surface area contributed by atoms with E-state index < -0.39 is 32.5 Å². The zero-order chi connectivity index (χ0) is 20.2. The Morgan fingerprint density at radius 2 is 1.67 bits per heavy atom. The second-order valence-corrected chi connectivity index (χ2v) is 7.60. The molecule has 0 unspecified atom stereocenters. The molecule has 144 valence electrons. The van der Waals surface area contributed by atoms with Crippen LogP contribution in [0.4, 0.5) is 20.2 Å². The van der Waals surface area contributed by atoms with Crippen molar-refractivity contribution in [3.8, 4) is 5.75 Å². The Kier molecular flexibility index (Phi) is 6.05. The molecule has 0 aliphatic heterocycles. The van der Waals surface area contributed by atoms with Crippen molar-refractivity contribution in [2.75, 3.05) is 5.32 Å². The average molecular weight is 400 g/mol. The number of carbonyl (C=O) groups excluding carboxylic acids is 1. The highest BCUT2D eigenvalue weighted by atomic mass is 32.2. The van der Waals surface area contributed by atoms with Crippen molar-refractivity contribution in [1.29, 1.82) is 0 Å². The summed E-state index contributed by atoms with van der Waals surface area (Å²) in [5, 5.41) is 11.5. The van der Waals surface area contributed by atoms with Gasteiger partial charge in [0.1, 0.15) is 11.0 Å². The van der Waals surface area contributed by atoms with E-state index in [1.54, 1.807) is 0 Å². The van der Waals surface area contributed by atoms with E-state index in [4.69, 9.17) is 0 Å². The van der Waals surface area contributed by atoms with E-state index >= 15 is 0 Å². The molecule has 0 saturated heterocycles. The molecule has 0 fully saturated rings. The van der Waals surface area contributed by atoms with Gasteiger partial charge < -0.3 is 10.1 Å². The summed E-state index contributed by atoms with van der Waals surface area (Å²) < 4.78 is 53.3. The number of ether oxygens (including phenoxy) is 1. The van der Waals surface area contributed by atoms with E-state index in [-0.39, 0.29) is 22.0 Å². The lowest BCUT2D eigenvalue weighted by molar-refractivity contribution is -0.384. The van der Waals surface area contributed by atoms with Gasteiger partial charge in [-0.2, -0.15) is 8.78 Å². The third kappa shape index (κ3) is 4.97. The number of rotatable bonds is 7. The first-order chi connectivity index (χ1) is 12.6. The lowest BCUT2D eigenvalue weighted by Gasteiger charge is -2.14. The number of nitro groups is 1. The number of nitrogens with zero attached hydrogens (tertiary/aromatic N) is 1. The maximum absolute atomic E-state index is 12.5. The van der Waals surface area contributed by atoms with Crippen molar-refractivity contribution in [2.45, 2.75) is 23.7 Å². The molecule has 0 aliphatic carbocycles. The standard InChI is InChI=1S/C16H14F2N2O6S/c1-10(27(24,25)14-8-4-12(5-9-14)20(22)23)15(21)19-11-2-6-13(7-3-11)26-16(17)18/h2-10,16H,1H3,(H,19,21)/t10-/m0/s1. The number of halogens is 2. The van der Waals surface area contributed by atoms with Crippen LogP contribution in [0.5, 0.6) is 5.75 Å². The number of non-ortho nitro benzene ring substituents is 1. The molecule has 27 heavy (non-hydrogen) atoms. The van der Waals surface area contributed by atoms with Crippen LogP contribution in [0.2, 0.25) is 0 Å². The highest BCUT2D eigenvalue weighted by molar-refractivity contribution is 7.92. The number of hydrogen-bond donors (Lipinski definition) is 1. The summed E-state index contributed by atoms with van der Waals surface area (Å²) in [5.74, 6) is -0.967. The monoisotopic (exact) mass is 400 g/mol. The quantitative estimate of drug-likeness (QED) is 0.564. The normalized spacial score (nSPS) is 12.4. The second-order valence-electron chi connectivity index (χ2n) is 5.33. The first kappa shape index (κ1) is 20.2. The summed E-state index contributed by atoms with van der Waals surface area (Å²) in [6.07, 6.45) is 0. The van der Waals surface area contributed by atoms with Crippen molar-refractivity contribution in [3.63, 3.8) is 0 Å². The molecule has 1 N–H and O–H groups in total. The van der Waals surface area contributed by atoms with Crippen LogP contribution < -0.4 is 10.1 Å². The molecule has 1 amide bonds. The van der Waals surface area contributed by atoms with Gasteiger partial charge in [0, 0.05) is 17.8 Å². The molecule has 0 aliphatic rings. The van der Waals surface area contributed by atoms with Crippen LogP contribution in [-0.2, 0) is 14.6 Å². The van der Waals surface area contributed by atoms with Gasteiger partial charge >= 0.3 is 6.61 Å². The van der Waals surface area contributed by atoms with Crippen molar-refractivity contribution in [2.24, 2.45) is 0 Å².